The molecule has 1 aromatic heterocycles. The van der Waals surface area contributed by atoms with Crippen molar-refractivity contribution in [3.63, 3.8) is 0 Å². The zero-order valence-electron chi connectivity index (χ0n) is 19.5. The highest BCUT2D eigenvalue weighted by molar-refractivity contribution is 6.33. The van der Waals surface area contributed by atoms with Crippen LogP contribution in [-0.2, 0) is 15.7 Å². The van der Waals surface area contributed by atoms with Gasteiger partial charge in [0.2, 0.25) is 0 Å². The lowest BCUT2D eigenvalue weighted by atomic mass is 10.1. The molecule has 3 rings (SSSR count). The van der Waals surface area contributed by atoms with Crippen LogP contribution < -0.4 is 10.6 Å². The summed E-state index contributed by atoms with van der Waals surface area (Å²) in [7, 11) is 1.54. The van der Waals surface area contributed by atoms with Gasteiger partial charge < -0.3 is 19.8 Å². The van der Waals surface area contributed by atoms with Crippen molar-refractivity contribution < 1.29 is 31.9 Å². The third-order valence-corrected chi connectivity index (χ3v) is 5.42. The molecule has 0 fully saturated rings. The lowest BCUT2D eigenvalue weighted by molar-refractivity contribution is -0.137. The summed E-state index contributed by atoms with van der Waals surface area (Å²) in [5, 5.41) is 5.33. The molecule has 2 amide bonds. The highest BCUT2D eigenvalue weighted by Crippen LogP contribution is 2.36. The molecule has 0 spiro atoms. The second-order valence-corrected chi connectivity index (χ2v) is 8.28. The number of hydrogen-bond donors (Lipinski definition) is 2. The first kappa shape index (κ1) is 27.0. The average Bonchev–Trinajstić information content (AvgIpc) is 3.29. The predicted octanol–water partition coefficient (Wildman–Crippen LogP) is 5.85. The summed E-state index contributed by atoms with van der Waals surface area (Å²) < 4.78 is 50.0. The lowest BCUT2D eigenvalue weighted by Crippen LogP contribution is -2.35. The third-order valence-electron chi connectivity index (χ3n) is 5.09. The van der Waals surface area contributed by atoms with Crippen molar-refractivity contribution in [2.45, 2.75) is 19.5 Å². The van der Waals surface area contributed by atoms with Crippen LogP contribution in [0.1, 0.15) is 33.7 Å². The van der Waals surface area contributed by atoms with E-state index < -0.39 is 23.6 Å². The maximum Gasteiger partial charge on any atom is 0.416 e. The quantitative estimate of drug-likeness (QED) is 0.274. The number of amides is 2. The molecular formula is C26H24ClF3N2O4. The van der Waals surface area contributed by atoms with Crippen LogP contribution in [0.3, 0.4) is 0 Å². The second kappa shape index (κ2) is 11.9. The number of rotatable bonds is 9. The fourth-order valence-electron chi connectivity index (χ4n) is 3.18. The number of alkyl halides is 3. The summed E-state index contributed by atoms with van der Waals surface area (Å²) >= 11 is 6.10. The molecule has 2 aromatic carbocycles. The van der Waals surface area contributed by atoms with Crippen molar-refractivity contribution in [3.05, 3.63) is 87.8 Å². The van der Waals surface area contributed by atoms with Crippen LogP contribution in [0.5, 0.6) is 0 Å². The van der Waals surface area contributed by atoms with E-state index in [1.807, 2.05) is 6.92 Å². The Morgan fingerprint density at radius 1 is 1.08 bits per heavy atom. The van der Waals surface area contributed by atoms with Gasteiger partial charge in [-0.25, -0.2) is 0 Å². The molecule has 0 aliphatic heterocycles. The number of aryl methyl sites for hydroxylation is 1. The highest BCUT2D eigenvalue weighted by atomic mass is 35.5. The molecule has 10 heteroatoms. The van der Waals surface area contributed by atoms with Crippen LogP contribution in [-0.4, -0.2) is 32.1 Å². The van der Waals surface area contributed by atoms with Crippen LogP contribution in [0.25, 0.3) is 17.4 Å². The summed E-state index contributed by atoms with van der Waals surface area (Å²) in [6.07, 6.45) is -2.70. The molecule has 0 unspecified atom stereocenters. The fourth-order valence-corrected chi connectivity index (χ4v) is 3.39. The van der Waals surface area contributed by atoms with E-state index in [4.69, 9.17) is 20.8 Å². The van der Waals surface area contributed by atoms with Gasteiger partial charge in [-0.1, -0.05) is 29.3 Å². The van der Waals surface area contributed by atoms with Crippen molar-refractivity contribution >= 4 is 29.5 Å². The number of methoxy groups -OCH3 is 1. The monoisotopic (exact) mass is 520 g/mol. The maximum absolute atomic E-state index is 13.1. The van der Waals surface area contributed by atoms with Crippen LogP contribution in [0.4, 0.5) is 13.2 Å². The minimum atomic E-state index is -4.55. The van der Waals surface area contributed by atoms with Gasteiger partial charge in [-0.05, 0) is 55.8 Å². The normalized spacial score (nSPS) is 11.9. The summed E-state index contributed by atoms with van der Waals surface area (Å²) in [6.45, 7) is 2.62. The minimum Gasteiger partial charge on any atom is -0.457 e. The van der Waals surface area contributed by atoms with Crippen LogP contribution >= 0.6 is 11.6 Å². The molecule has 0 bridgehead atoms. The van der Waals surface area contributed by atoms with E-state index in [1.54, 1.807) is 31.4 Å². The van der Waals surface area contributed by atoms with Crippen molar-refractivity contribution in [2.24, 2.45) is 0 Å². The Balaban J connectivity index is 1.89. The van der Waals surface area contributed by atoms with Gasteiger partial charge in [0, 0.05) is 37.5 Å². The molecule has 6 nitrogen and oxygen atoms in total. The molecule has 1 heterocycles. The number of carbonyl (C=O) groups excluding carboxylic acids is 2. The molecule has 0 aliphatic carbocycles. The number of nitrogens with one attached hydrogen (secondary N) is 2. The van der Waals surface area contributed by atoms with Gasteiger partial charge in [-0.2, -0.15) is 13.2 Å². The SMILES string of the molecule is COCCCNC(=O)/C(=C\c1ccc(-c2cc(C(F)(F)F)ccc2Cl)o1)NC(=O)c1ccc(C)cc1. The first-order valence-electron chi connectivity index (χ1n) is 10.9. The van der Waals surface area contributed by atoms with Gasteiger partial charge in [0.15, 0.2) is 0 Å². The van der Waals surface area contributed by atoms with Crippen LogP contribution in [0.15, 0.2) is 64.7 Å². The summed E-state index contributed by atoms with van der Waals surface area (Å²) in [5.41, 5.74) is 0.371. The Labute approximate surface area is 211 Å². The van der Waals surface area contributed by atoms with Gasteiger partial charge >= 0.3 is 6.18 Å². The van der Waals surface area contributed by atoms with Crippen molar-refractivity contribution in [1.82, 2.24) is 10.6 Å². The summed E-state index contributed by atoms with van der Waals surface area (Å²) in [5.74, 6) is -0.880. The molecule has 0 atom stereocenters. The smallest absolute Gasteiger partial charge is 0.416 e. The van der Waals surface area contributed by atoms with Gasteiger partial charge in [0.05, 0.1) is 10.6 Å². The molecule has 0 radical (unpaired) electrons. The maximum atomic E-state index is 13.1. The van der Waals surface area contributed by atoms with E-state index in [1.165, 1.54) is 18.2 Å². The van der Waals surface area contributed by atoms with E-state index in [0.717, 1.165) is 23.8 Å². The second-order valence-electron chi connectivity index (χ2n) is 7.87. The molecular weight excluding hydrogens is 497 g/mol. The van der Waals surface area contributed by atoms with Gasteiger partial charge in [0.1, 0.15) is 17.2 Å². The summed E-state index contributed by atoms with van der Waals surface area (Å²) in [6, 6.07) is 12.6. The number of furan rings is 1. The van der Waals surface area contributed by atoms with E-state index in [-0.39, 0.29) is 27.8 Å². The van der Waals surface area contributed by atoms with Crippen LogP contribution in [0, 0.1) is 6.92 Å². The predicted molar refractivity (Wildman–Crippen MR) is 130 cm³/mol. The highest BCUT2D eigenvalue weighted by Gasteiger charge is 2.31. The number of halogens is 4. The average molecular weight is 521 g/mol. The van der Waals surface area contributed by atoms with Gasteiger partial charge in [-0.15, -0.1) is 0 Å². The Kier molecular flexibility index (Phi) is 8.95. The Morgan fingerprint density at radius 3 is 2.47 bits per heavy atom. The Hall–Kier alpha value is -3.56. The lowest BCUT2D eigenvalue weighted by Gasteiger charge is -2.11. The molecule has 2 N–H and O–H groups in total. The molecule has 190 valence electrons. The van der Waals surface area contributed by atoms with Crippen molar-refractivity contribution in [3.8, 4) is 11.3 Å². The molecule has 0 saturated carbocycles. The van der Waals surface area contributed by atoms with Gasteiger partial charge in [0.25, 0.3) is 11.8 Å². The number of hydrogen-bond acceptors (Lipinski definition) is 4. The van der Waals surface area contributed by atoms with Gasteiger partial charge in [-0.3, -0.25) is 9.59 Å². The molecule has 36 heavy (non-hydrogen) atoms. The topological polar surface area (TPSA) is 80.6 Å². The van der Waals surface area contributed by atoms with Crippen molar-refractivity contribution in [1.29, 1.82) is 0 Å². The van der Waals surface area contributed by atoms with E-state index >= 15 is 0 Å². The van der Waals surface area contributed by atoms with E-state index in [9.17, 15) is 22.8 Å². The first-order chi connectivity index (χ1) is 17.1. The zero-order valence-corrected chi connectivity index (χ0v) is 20.3. The molecule has 3 aromatic rings. The fraction of sp³-hybridized carbons (Fsp3) is 0.231. The molecule has 0 saturated heterocycles. The minimum absolute atomic E-state index is 0.0420. The zero-order chi connectivity index (χ0) is 26.3. The van der Waals surface area contributed by atoms with E-state index in [0.29, 0.717) is 25.1 Å². The number of carbonyl (C=O) groups is 2. The third kappa shape index (κ3) is 7.22. The number of benzene rings is 2. The molecule has 0 aliphatic rings. The number of ether oxygens (including phenoxy) is 1. The van der Waals surface area contributed by atoms with E-state index in [2.05, 4.69) is 10.6 Å². The van der Waals surface area contributed by atoms with Crippen LogP contribution in [0.2, 0.25) is 5.02 Å². The Morgan fingerprint density at radius 2 is 1.81 bits per heavy atom. The summed E-state index contributed by atoms with van der Waals surface area (Å²) in [4.78, 5) is 25.5. The first-order valence-corrected chi connectivity index (χ1v) is 11.3. The standard InChI is InChI=1S/C26H24ClF3N2O4/c1-16-4-6-17(7-5-16)24(33)32-22(25(34)31-12-3-13-35-2)15-19-9-11-23(36-19)20-14-18(26(28,29)30)8-10-21(20)27/h4-11,14-15H,3,12-13H2,1-2H3,(H,31,34)(H,32,33)/b22-15+. The Bertz CT molecular complexity index is 1250. The van der Waals surface area contributed by atoms with Crippen molar-refractivity contribution in [2.75, 3.05) is 20.3 Å². The largest absolute Gasteiger partial charge is 0.457 e.